The molecule has 0 fully saturated rings. The first-order chi connectivity index (χ1) is 9.99. The molecule has 0 aliphatic carbocycles. The molecule has 0 spiro atoms. The Morgan fingerprint density at radius 1 is 0.762 bits per heavy atom. The van der Waals surface area contributed by atoms with Crippen LogP contribution in [0.5, 0.6) is 0 Å². The van der Waals surface area contributed by atoms with E-state index in [0.29, 0.717) is 12.8 Å². The minimum absolute atomic E-state index is 0.223. The molecule has 0 N–H and O–H groups in total. The smallest absolute Gasteiger partial charge is 0.175 e. The summed E-state index contributed by atoms with van der Waals surface area (Å²) in [6.45, 7) is 0. The second kappa shape index (κ2) is 9.74. The third kappa shape index (κ3) is 9.43. The molecule has 1 aromatic rings. The molecule has 1 rings (SSSR count). The molecule has 0 saturated heterocycles. The van der Waals surface area contributed by atoms with Gasteiger partial charge in [0, 0.05) is 25.0 Å². The van der Waals surface area contributed by atoms with Crippen molar-refractivity contribution in [3.8, 4) is 0 Å². The largest absolute Gasteiger partial charge is 0.389 e. The summed E-state index contributed by atoms with van der Waals surface area (Å²) >= 11 is 0. The van der Waals surface area contributed by atoms with Crippen LogP contribution in [0.3, 0.4) is 0 Å². The summed E-state index contributed by atoms with van der Waals surface area (Å²) in [6, 6.07) is 5.45. The summed E-state index contributed by atoms with van der Waals surface area (Å²) in [5.74, 6) is 0. The van der Waals surface area contributed by atoms with E-state index in [-0.39, 0.29) is 6.42 Å². The highest BCUT2D eigenvalue weighted by Gasteiger charge is 2.25. The van der Waals surface area contributed by atoms with E-state index in [1.807, 2.05) is 6.07 Å². The van der Waals surface area contributed by atoms with Gasteiger partial charge in [-0.1, -0.05) is 38.2 Å². The van der Waals surface area contributed by atoms with Gasteiger partial charge in [-0.15, -0.1) is 0 Å². The van der Waals surface area contributed by atoms with Gasteiger partial charge in [0.2, 0.25) is 0 Å². The Bertz CT molecular complexity index is 364. The van der Waals surface area contributed by atoms with Gasteiger partial charge in [0.15, 0.2) is 12.4 Å². The third-order valence-corrected chi connectivity index (χ3v) is 3.46. The number of hydrogen-bond acceptors (Lipinski definition) is 0. The van der Waals surface area contributed by atoms with Gasteiger partial charge in [-0.25, -0.2) is 0 Å². The number of unbranched alkanes of at least 4 members (excludes halogenated alkanes) is 6. The highest BCUT2D eigenvalue weighted by atomic mass is 19.4. The summed E-state index contributed by atoms with van der Waals surface area (Å²) in [5, 5.41) is 0. The summed E-state index contributed by atoms with van der Waals surface area (Å²) in [5.41, 5.74) is 0. The zero-order chi connectivity index (χ0) is 15.6. The maximum Gasteiger partial charge on any atom is 0.389 e. The molecule has 1 atom stereocenters. The number of hydrogen-bond donors (Lipinski definition) is 0. The Kier molecular flexibility index (Phi) is 8.31. The monoisotopic (exact) mass is 306 g/mol. The summed E-state index contributed by atoms with van der Waals surface area (Å²) < 4.78 is 51.1. The van der Waals surface area contributed by atoms with Crippen LogP contribution < -0.4 is 4.57 Å². The molecule has 1 nitrogen and oxygen atoms in total. The number of aromatic nitrogens is 1. The molecule has 0 radical (unpaired) electrons. The van der Waals surface area contributed by atoms with E-state index < -0.39 is 18.9 Å². The van der Waals surface area contributed by atoms with Gasteiger partial charge >= 0.3 is 6.18 Å². The molecular formula is C16H24F4N+. The van der Waals surface area contributed by atoms with Crippen molar-refractivity contribution in [3.63, 3.8) is 0 Å². The quantitative estimate of drug-likeness (QED) is 0.304. The summed E-state index contributed by atoms with van der Waals surface area (Å²) in [7, 11) is 0. The van der Waals surface area contributed by atoms with Crippen LogP contribution in [0.1, 0.15) is 64.1 Å². The Balaban J connectivity index is 1.93. The summed E-state index contributed by atoms with van der Waals surface area (Å²) in [6.07, 6.45) is 3.58. The standard InChI is InChI=1S/C16H24F4N/c17-15(21-13-9-6-10-14-21)11-7-4-2-1-3-5-8-12-16(18,19)20/h6,9-10,13-15H,1-5,7-8,11-12H2/q+1. The zero-order valence-corrected chi connectivity index (χ0v) is 12.3. The van der Waals surface area contributed by atoms with Crippen LogP contribution in [0, 0.1) is 0 Å². The van der Waals surface area contributed by atoms with E-state index in [1.165, 1.54) is 0 Å². The fourth-order valence-corrected chi connectivity index (χ4v) is 2.27. The molecule has 5 heteroatoms. The first-order valence-corrected chi connectivity index (χ1v) is 7.65. The normalized spacial score (nSPS) is 13.3. The lowest BCUT2D eigenvalue weighted by Crippen LogP contribution is -2.35. The average molecular weight is 306 g/mol. The topological polar surface area (TPSA) is 3.88 Å². The first kappa shape index (κ1) is 17.9. The van der Waals surface area contributed by atoms with Gasteiger partial charge in [-0.2, -0.15) is 22.1 Å². The van der Waals surface area contributed by atoms with Crippen LogP contribution in [0.4, 0.5) is 17.6 Å². The Hall–Kier alpha value is -1.13. The second-order valence-corrected chi connectivity index (χ2v) is 5.39. The Labute approximate surface area is 124 Å². The molecular weight excluding hydrogens is 282 g/mol. The molecule has 1 aromatic heterocycles. The molecule has 0 aliphatic rings. The lowest BCUT2D eigenvalue weighted by atomic mass is 10.1. The molecule has 0 aliphatic heterocycles. The number of rotatable bonds is 10. The van der Waals surface area contributed by atoms with E-state index in [9.17, 15) is 17.6 Å². The molecule has 0 bridgehead atoms. The average Bonchev–Trinajstić information content (AvgIpc) is 2.45. The Morgan fingerprint density at radius 3 is 1.86 bits per heavy atom. The predicted octanol–water partition coefficient (Wildman–Crippen LogP) is 5.52. The number of halogens is 4. The van der Waals surface area contributed by atoms with Crippen molar-refractivity contribution >= 4 is 0 Å². The minimum Gasteiger partial charge on any atom is -0.175 e. The van der Waals surface area contributed by atoms with Crippen molar-refractivity contribution in [2.75, 3.05) is 0 Å². The predicted molar refractivity (Wildman–Crippen MR) is 74.4 cm³/mol. The highest BCUT2D eigenvalue weighted by molar-refractivity contribution is 4.83. The van der Waals surface area contributed by atoms with Crippen LogP contribution in [0.15, 0.2) is 30.6 Å². The molecule has 0 aromatic carbocycles. The van der Waals surface area contributed by atoms with Gasteiger partial charge < -0.3 is 0 Å². The lowest BCUT2D eigenvalue weighted by molar-refractivity contribution is -0.748. The van der Waals surface area contributed by atoms with E-state index in [1.54, 1.807) is 29.1 Å². The molecule has 1 heterocycles. The molecule has 0 saturated carbocycles. The lowest BCUT2D eigenvalue weighted by Gasteiger charge is -2.06. The third-order valence-electron chi connectivity index (χ3n) is 3.46. The van der Waals surface area contributed by atoms with Crippen molar-refractivity contribution in [1.29, 1.82) is 0 Å². The van der Waals surface area contributed by atoms with Crippen LogP contribution in [-0.4, -0.2) is 6.18 Å². The van der Waals surface area contributed by atoms with Gasteiger partial charge in [-0.05, 0) is 12.8 Å². The van der Waals surface area contributed by atoms with Crippen molar-refractivity contribution in [2.45, 2.75) is 70.3 Å². The number of pyridine rings is 1. The number of nitrogens with zero attached hydrogens (tertiary/aromatic N) is 1. The van der Waals surface area contributed by atoms with Crippen molar-refractivity contribution in [1.82, 2.24) is 0 Å². The van der Waals surface area contributed by atoms with Gasteiger partial charge in [0.25, 0.3) is 6.30 Å². The van der Waals surface area contributed by atoms with E-state index in [2.05, 4.69) is 0 Å². The van der Waals surface area contributed by atoms with E-state index in [0.717, 1.165) is 32.1 Å². The van der Waals surface area contributed by atoms with Crippen molar-refractivity contribution < 1.29 is 22.1 Å². The van der Waals surface area contributed by atoms with Crippen LogP contribution in [0.2, 0.25) is 0 Å². The Morgan fingerprint density at radius 2 is 1.29 bits per heavy atom. The fraction of sp³-hybridized carbons (Fsp3) is 0.688. The zero-order valence-electron chi connectivity index (χ0n) is 12.3. The fourth-order valence-electron chi connectivity index (χ4n) is 2.27. The van der Waals surface area contributed by atoms with Crippen molar-refractivity contribution in [3.05, 3.63) is 30.6 Å². The van der Waals surface area contributed by atoms with Gasteiger partial charge in [0.1, 0.15) is 0 Å². The summed E-state index contributed by atoms with van der Waals surface area (Å²) in [4.78, 5) is 0. The SMILES string of the molecule is FC(CCCCCCCCCC(F)(F)F)[n+]1ccccc1. The molecule has 120 valence electrons. The maximum atomic E-state index is 13.8. The van der Waals surface area contributed by atoms with E-state index >= 15 is 0 Å². The van der Waals surface area contributed by atoms with Gasteiger partial charge in [0.05, 0.1) is 0 Å². The van der Waals surface area contributed by atoms with Crippen LogP contribution in [-0.2, 0) is 0 Å². The molecule has 21 heavy (non-hydrogen) atoms. The second-order valence-electron chi connectivity index (χ2n) is 5.39. The number of alkyl halides is 4. The van der Waals surface area contributed by atoms with E-state index in [4.69, 9.17) is 0 Å². The first-order valence-electron chi connectivity index (χ1n) is 7.65. The highest BCUT2D eigenvalue weighted by Crippen LogP contribution is 2.23. The minimum atomic E-state index is -4.02. The van der Waals surface area contributed by atoms with Crippen LogP contribution >= 0.6 is 0 Å². The van der Waals surface area contributed by atoms with Crippen molar-refractivity contribution in [2.24, 2.45) is 0 Å². The molecule has 1 unspecified atom stereocenters. The van der Waals surface area contributed by atoms with Gasteiger partial charge in [-0.3, -0.25) is 0 Å². The maximum absolute atomic E-state index is 13.8. The molecule has 0 amide bonds. The van der Waals surface area contributed by atoms with Crippen LogP contribution in [0.25, 0.3) is 0 Å².